The number of carbonyl (C=O) groups is 1. The fourth-order valence-electron chi connectivity index (χ4n) is 2.56. The average molecular weight is 450 g/mol. The Morgan fingerprint density at radius 1 is 1.21 bits per heavy atom. The summed E-state index contributed by atoms with van der Waals surface area (Å²) in [5.41, 5.74) is 0.724. The molecule has 1 aliphatic rings. The zero-order valence-electron chi connectivity index (χ0n) is 15.9. The third-order valence-electron chi connectivity index (χ3n) is 3.98. The second-order valence-corrected chi connectivity index (χ2v) is 8.55. The van der Waals surface area contributed by atoms with Crippen molar-refractivity contribution in [2.24, 2.45) is 5.92 Å². The van der Waals surface area contributed by atoms with Crippen LogP contribution in [0.3, 0.4) is 0 Å². The Kier molecular flexibility index (Phi) is 7.41. The SMILES string of the molecule is COc1cc(/C=C2\SC(=S)NC2=O)cc(Cl)c1OC[C@H](C)COc1ccccc1. The normalized spacial score (nSPS) is 15.9. The summed E-state index contributed by atoms with van der Waals surface area (Å²) in [7, 11) is 1.55. The summed E-state index contributed by atoms with van der Waals surface area (Å²) >= 11 is 12.6. The Morgan fingerprint density at radius 3 is 2.59 bits per heavy atom. The highest BCUT2D eigenvalue weighted by Crippen LogP contribution is 2.38. The summed E-state index contributed by atoms with van der Waals surface area (Å²) in [6.07, 6.45) is 1.72. The lowest BCUT2D eigenvalue weighted by Crippen LogP contribution is -2.17. The van der Waals surface area contributed by atoms with Gasteiger partial charge in [-0.15, -0.1) is 0 Å². The number of rotatable bonds is 8. The first-order chi connectivity index (χ1) is 14.0. The number of hydrogen-bond acceptors (Lipinski definition) is 6. The molecule has 0 bridgehead atoms. The number of carbonyl (C=O) groups excluding carboxylic acids is 1. The second kappa shape index (κ2) is 10.0. The van der Waals surface area contributed by atoms with Crippen LogP contribution in [0.1, 0.15) is 12.5 Å². The number of methoxy groups -OCH3 is 1. The van der Waals surface area contributed by atoms with Crippen molar-refractivity contribution in [1.82, 2.24) is 5.32 Å². The molecular formula is C21H20ClNO4S2. The van der Waals surface area contributed by atoms with Gasteiger partial charge in [0.05, 0.1) is 30.3 Å². The molecule has 1 saturated heterocycles. The first-order valence-electron chi connectivity index (χ1n) is 8.89. The number of thioether (sulfide) groups is 1. The summed E-state index contributed by atoms with van der Waals surface area (Å²) in [5.74, 6) is 1.69. The van der Waals surface area contributed by atoms with Crippen molar-refractivity contribution in [3.05, 3.63) is 58.0 Å². The van der Waals surface area contributed by atoms with Gasteiger partial charge in [0, 0.05) is 5.92 Å². The lowest BCUT2D eigenvalue weighted by Gasteiger charge is -2.17. The topological polar surface area (TPSA) is 56.8 Å². The van der Waals surface area contributed by atoms with Gasteiger partial charge in [-0.1, -0.05) is 60.7 Å². The molecule has 0 spiro atoms. The van der Waals surface area contributed by atoms with E-state index in [-0.39, 0.29) is 11.8 Å². The molecule has 152 valence electrons. The van der Waals surface area contributed by atoms with E-state index < -0.39 is 0 Å². The highest BCUT2D eigenvalue weighted by Gasteiger charge is 2.22. The van der Waals surface area contributed by atoms with Gasteiger partial charge >= 0.3 is 0 Å². The summed E-state index contributed by atoms with van der Waals surface area (Å²) in [4.78, 5) is 12.4. The fourth-order valence-corrected chi connectivity index (χ4v) is 3.88. The second-order valence-electron chi connectivity index (χ2n) is 6.43. The van der Waals surface area contributed by atoms with E-state index in [4.69, 9.17) is 38.0 Å². The Labute approximate surface area is 184 Å². The van der Waals surface area contributed by atoms with Gasteiger partial charge in [-0.25, -0.2) is 0 Å². The van der Waals surface area contributed by atoms with Crippen LogP contribution >= 0.6 is 35.6 Å². The van der Waals surface area contributed by atoms with E-state index in [1.165, 1.54) is 11.8 Å². The molecule has 2 aromatic rings. The van der Waals surface area contributed by atoms with Gasteiger partial charge in [0.25, 0.3) is 5.91 Å². The van der Waals surface area contributed by atoms with Gasteiger partial charge < -0.3 is 19.5 Å². The molecule has 1 N–H and O–H groups in total. The van der Waals surface area contributed by atoms with Crippen LogP contribution in [0.5, 0.6) is 17.2 Å². The van der Waals surface area contributed by atoms with Crippen molar-refractivity contribution in [3.8, 4) is 17.2 Å². The number of amides is 1. The maximum absolute atomic E-state index is 11.8. The summed E-state index contributed by atoms with van der Waals surface area (Å²) in [6, 6.07) is 13.1. The first-order valence-corrected chi connectivity index (χ1v) is 10.5. The molecule has 1 amide bonds. The standard InChI is InChI=1S/C21H20ClNO4S2/c1-13(11-26-15-6-4-3-5-7-15)12-27-19-16(22)8-14(9-17(19)25-2)10-18-20(24)23-21(28)29-18/h3-10,13H,11-12H2,1-2H3,(H,23,24,28)/b18-10-/t13-/m1/s1. The number of hydrogen-bond donors (Lipinski definition) is 1. The van der Waals surface area contributed by atoms with Gasteiger partial charge in [-0.2, -0.15) is 0 Å². The van der Waals surface area contributed by atoms with E-state index in [0.717, 1.165) is 11.3 Å². The average Bonchev–Trinajstić information content (AvgIpc) is 3.02. The van der Waals surface area contributed by atoms with E-state index in [9.17, 15) is 4.79 Å². The highest BCUT2D eigenvalue weighted by atomic mass is 35.5. The number of nitrogens with one attached hydrogen (secondary N) is 1. The van der Waals surface area contributed by atoms with Crippen LogP contribution in [0.15, 0.2) is 47.4 Å². The van der Waals surface area contributed by atoms with Crippen LogP contribution < -0.4 is 19.5 Å². The molecule has 1 heterocycles. The van der Waals surface area contributed by atoms with Crippen LogP contribution in [-0.2, 0) is 4.79 Å². The molecule has 1 fully saturated rings. The van der Waals surface area contributed by atoms with Crippen molar-refractivity contribution >= 4 is 51.9 Å². The molecule has 0 aromatic heterocycles. The van der Waals surface area contributed by atoms with E-state index in [1.807, 2.05) is 37.3 Å². The van der Waals surface area contributed by atoms with Crippen LogP contribution in [0.4, 0.5) is 0 Å². The molecule has 2 aromatic carbocycles. The minimum Gasteiger partial charge on any atom is -0.493 e. The molecule has 0 unspecified atom stereocenters. The first kappa shape index (κ1) is 21.5. The molecule has 0 saturated carbocycles. The fraction of sp³-hybridized carbons (Fsp3) is 0.238. The predicted octanol–water partition coefficient (Wildman–Crippen LogP) is 4.93. The van der Waals surface area contributed by atoms with Gasteiger partial charge in [0.1, 0.15) is 10.1 Å². The number of para-hydroxylation sites is 1. The Balaban J connectivity index is 1.65. The van der Waals surface area contributed by atoms with E-state index in [0.29, 0.717) is 39.0 Å². The van der Waals surface area contributed by atoms with Crippen LogP contribution in [0, 0.1) is 5.92 Å². The Morgan fingerprint density at radius 2 is 1.93 bits per heavy atom. The molecule has 1 atom stereocenters. The van der Waals surface area contributed by atoms with Gasteiger partial charge in [-0.3, -0.25) is 4.79 Å². The minimum atomic E-state index is -0.220. The quantitative estimate of drug-likeness (QED) is 0.455. The van der Waals surface area contributed by atoms with Crippen molar-refractivity contribution in [3.63, 3.8) is 0 Å². The number of thiocarbonyl (C=S) groups is 1. The summed E-state index contributed by atoms with van der Waals surface area (Å²) in [6.45, 7) is 2.96. The van der Waals surface area contributed by atoms with Crippen molar-refractivity contribution in [1.29, 1.82) is 0 Å². The molecule has 5 nitrogen and oxygen atoms in total. The third kappa shape index (κ3) is 5.88. The molecular weight excluding hydrogens is 430 g/mol. The summed E-state index contributed by atoms with van der Waals surface area (Å²) in [5, 5.41) is 2.99. The van der Waals surface area contributed by atoms with Crippen LogP contribution in [0.25, 0.3) is 6.08 Å². The smallest absolute Gasteiger partial charge is 0.263 e. The molecule has 3 rings (SSSR count). The zero-order chi connectivity index (χ0) is 20.8. The lowest BCUT2D eigenvalue weighted by molar-refractivity contribution is -0.115. The molecule has 1 aliphatic heterocycles. The number of benzene rings is 2. The molecule has 0 aliphatic carbocycles. The van der Waals surface area contributed by atoms with Gasteiger partial charge in [0.2, 0.25) is 0 Å². The Bertz CT molecular complexity index is 934. The van der Waals surface area contributed by atoms with Gasteiger partial charge in [0.15, 0.2) is 11.5 Å². The van der Waals surface area contributed by atoms with Crippen molar-refractivity contribution in [2.45, 2.75) is 6.92 Å². The van der Waals surface area contributed by atoms with Gasteiger partial charge in [-0.05, 0) is 35.9 Å². The van der Waals surface area contributed by atoms with E-state index >= 15 is 0 Å². The minimum absolute atomic E-state index is 0.136. The van der Waals surface area contributed by atoms with E-state index in [1.54, 1.807) is 25.3 Å². The van der Waals surface area contributed by atoms with E-state index in [2.05, 4.69) is 5.32 Å². The van der Waals surface area contributed by atoms with Crippen molar-refractivity contribution in [2.75, 3.05) is 20.3 Å². The molecule has 8 heteroatoms. The van der Waals surface area contributed by atoms with Crippen molar-refractivity contribution < 1.29 is 19.0 Å². The highest BCUT2D eigenvalue weighted by molar-refractivity contribution is 8.26. The largest absolute Gasteiger partial charge is 0.493 e. The summed E-state index contributed by atoms with van der Waals surface area (Å²) < 4.78 is 17.5. The number of halogens is 1. The Hall–Kier alpha value is -2.22. The lowest BCUT2D eigenvalue weighted by atomic mass is 10.1. The monoisotopic (exact) mass is 449 g/mol. The van der Waals surface area contributed by atoms with Crippen LogP contribution in [-0.4, -0.2) is 30.6 Å². The van der Waals surface area contributed by atoms with Crippen LogP contribution in [0.2, 0.25) is 5.02 Å². The maximum atomic E-state index is 11.8. The molecule has 29 heavy (non-hydrogen) atoms. The predicted molar refractivity (Wildman–Crippen MR) is 121 cm³/mol. The third-order valence-corrected chi connectivity index (χ3v) is 5.42. The zero-order valence-corrected chi connectivity index (χ0v) is 18.3. The number of ether oxygens (including phenoxy) is 3. The maximum Gasteiger partial charge on any atom is 0.263 e. The molecule has 0 radical (unpaired) electrons.